The molecule has 0 aromatic heterocycles. The first kappa shape index (κ1) is 20.0. The number of hydrogen-bond acceptors (Lipinski definition) is 4. The predicted octanol–water partition coefficient (Wildman–Crippen LogP) is 3.31. The van der Waals surface area contributed by atoms with Gasteiger partial charge in [-0.15, -0.1) is 0 Å². The van der Waals surface area contributed by atoms with Crippen LogP contribution in [0.15, 0.2) is 23.8 Å². The summed E-state index contributed by atoms with van der Waals surface area (Å²) in [7, 11) is 0. The number of ketones is 2. The maximum absolute atomic E-state index is 16.9. The van der Waals surface area contributed by atoms with Crippen LogP contribution in [0.2, 0.25) is 0 Å². The number of carbonyl (C=O) groups is 2. The average molecular weight is 390 g/mol. The number of hydrogen-bond donors (Lipinski definition) is 2. The molecule has 3 saturated carbocycles. The maximum Gasteiger partial charge on any atom is 0.178 e. The van der Waals surface area contributed by atoms with Gasteiger partial charge in [-0.2, -0.15) is 0 Å². The highest BCUT2D eigenvalue weighted by atomic mass is 19.1. The zero-order valence-corrected chi connectivity index (χ0v) is 17.2. The van der Waals surface area contributed by atoms with E-state index in [0.717, 1.165) is 5.57 Å². The highest BCUT2D eigenvalue weighted by molar-refractivity contribution is 6.01. The lowest BCUT2D eigenvalue weighted by molar-refractivity contribution is -0.218. The summed E-state index contributed by atoms with van der Waals surface area (Å²) in [4.78, 5) is 24.7. The molecule has 0 aromatic rings. The molecule has 3 fully saturated rings. The van der Waals surface area contributed by atoms with Crippen LogP contribution in [0.3, 0.4) is 0 Å². The van der Waals surface area contributed by atoms with E-state index in [-0.39, 0.29) is 36.2 Å². The van der Waals surface area contributed by atoms with Crippen LogP contribution in [-0.4, -0.2) is 39.2 Å². The van der Waals surface area contributed by atoms with E-state index in [1.165, 1.54) is 12.2 Å². The standard InChI is InChI=1S/C23H31FO4/c1-5-18(26)23(28)13(2)10-17-16-7-6-14-11-15(25)8-9-20(14,3)22(16,24)19(27)12-21(17,23)4/h8-9,11,13,16-17,19,27-28H,5-7,10,12H2,1-4H3/t13-,16+,17?,19?,20+,21+,22?,23+/m1/s1. The second-order valence-electron chi connectivity index (χ2n) is 9.94. The summed E-state index contributed by atoms with van der Waals surface area (Å²) in [6, 6.07) is 0. The Morgan fingerprint density at radius 1 is 1.32 bits per heavy atom. The number of aliphatic hydroxyl groups excluding tert-OH is 1. The van der Waals surface area contributed by atoms with Crippen molar-refractivity contribution in [3.63, 3.8) is 0 Å². The summed E-state index contributed by atoms with van der Waals surface area (Å²) in [5.74, 6) is -1.29. The maximum atomic E-state index is 16.9. The van der Waals surface area contributed by atoms with Gasteiger partial charge in [0.25, 0.3) is 0 Å². The minimum Gasteiger partial charge on any atom is -0.390 e. The van der Waals surface area contributed by atoms with E-state index in [4.69, 9.17) is 0 Å². The third-order valence-corrected chi connectivity index (χ3v) is 8.97. The highest BCUT2D eigenvalue weighted by Crippen LogP contribution is 2.70. The number of fused-ring (bicyclic) bond motifs is 5. The van der Waals surface area contributed by atoms with Crippen LogP contribution in [0.25, 0.3) is 0 Å². The van der Waals surface area contributed by atoms with Crippen LogP contribution in [0.4, 0.5) is 4.39 Å². The molecule has 8 atom stereocenters. The van der Waals surface area contributed by atoms with Crippen molar-refractivity contribution >= 4 is 11.6 Å². The zero-order valence-electron chi connectivity index (χ0n) is 17.2. The largest absolute Gasteiger partial charge is 0.390 e. The van der Waals surface area contributed by atoms with E-state index in [9.17, 15) is 19.8 Å². The first-order valence-corrected chi connectivity index (χ1v) is 10.5. The summed E-state index contributed by atoms with van der Waals surface area (Å²) in [6.45, 7) is 7.26. The number of rotatable bonds is 2. The predicted molar refractivity (Wildman–Crippen MR) is 103 cm³/mol. The summed E-state index contributed by atoms with van der Waals surface area (Å²) in [5, 5.41) is 22.7. The highest BCUT2D eigenvalue weighted by Gasteiger charge is 2.75. The Morgan fingerprint density at radius 2 is 2.00 bits per heavy atom. The number of Topliss-reactive ketones (excluding diaryl/α,β-unsaturated/α-hetero) is 1. The van der Waals surface area contributed by atoms with Crippen molar-refractivity contribution in [3.8, 4) is 0 Å². The molecule has 2 N–H and O–H groups in total. The lowest BCUT2D eigenvalue weighted by Crippen LogP contribution is -2.69. The van der Waals surface area contributed by atoms with Crippen molar-refractivity contribution < 1.29 is 24.2 Å². The number of carbonyl (C=O) groups excluding carboxylic acids is 2. The molecule has 0 heterocycles. The van der Waals surface area contributed by atoms with Crippen molar-refractivity contribution in [2.75, 3.05) is 0 Å². The van der Waals surface area contributed by atoms with Crippen LogP contribution in [0.1, 0.15) is 59.8 Å². The third kappa shape index (κ3) is 2.02. The molecule has 3 unspecified atom stereocenters. The van der Waals surface area contributed by atoms with E-state index >= 15 is 4.39 Å². The Kier molecular flexibility index (Phi) is 4.17. The Bertz CT molecular complexity index is 802. The topological polar surface area (TPSA) is 74.6 Å². The fourth-order valence-electron chi connectivity index (χ4n) is 7.41. The molecule has 0 aromatic carbocycles. The minimum atomic E-state index is -1.92. The van der Waals surface area contributed by atoms with Gasteiger partial charge >= 0.3 is 0 Å². The molecular formula is C23H31FO4. The van der Waals surface area contributed by atoms with Crippen molar-refractivity contribution in [2.45, 2.75) is 77.2 Å². The number of allylic oxidation sites excluding steroid dienone is 4. The minimum absolute atomic E-state index is 0.0436. The van der Waals surface area contributed by atoms with E-state index in [2.05, 4.69) is 0 Å². The fraction of sp³-hybridized carbons (Fsp3) is 0.739. The zero-order chi connectivity index (χ0) is 20.7. The number of halogens is 1. The lowest BCUT2D eigenvalue weighted by atomic mass is 9.44. The Hall–Kier alpha value is -1.33. The molecule has 28 heavy (non-hydrogen) atoms. The van der Waals surface area contributed by atoms with Gasteiger partial charge in [0.15, 0.2) is 17.2 Å². The molecular weight excluding hydrogens is 359 g/mol. The normalized spacial score (nSPS) is 52.5. The molecule has 0 saturated heterocycles. The molecule has 5 heteroatoms. The van der Waals surface area contributed by atoms with Gasteiger partial charge in [0.2, 0.25) is 0 Å². The molecule has 4 aliphatic rings. The van der Waals surface area contributed by atoms with Crippen molar-refractivity contribution in [1.29, 1.82) is 0 Å². The fourth-order valence-corrected chi connectivity index (χ4v) is 7.41. The molecule has 0 radical (unpaired) electrons. The van der Waals surface area contributed by atoms with E-state index < -0.39 is 34.1 Å². The van der Waals surface area contributed by atoms with Crippen molar-refractivity contribution in [3.05, 3.63) is 23.8 Å². The van der Waals surface area contributed by atoms with Gasteiger partial charge in [-0.05, 0) is 56.6 Å². The molecule has 0 spiro atoms. The average Bonchev–Trinajstić information content (AvgIpc) is 2.84. The van der Waals surface area contributed by atoms with Gasteiger partial charge in [0.05, 0.1) is 6.10 Å². The number of aliphatic hydroxyl groups is 2. The van der Waals surface area contributed by atoms with E-state index in [0.29, 0.717) is 19.3 Å². The van der Waals surface area contributed by atoms with Crippen LogP contribution in [0.5, 0.6) is 0 Å². The summed E-state index contributed by atoms with van der Waals surface area (Å²) in [5.41, 5.74) is -4.61. The molecule has 154 valence electrons. The smallest absolute Gasteiger partial charge is 0.178 e. The van der Waals surface area contributed by atoms with Crippen molar-refractivity contribution in [2.24, 2.45) is 28.6 Å². The third-order valence-electron chi connectivity index (χ3n) is 8.97. The molecule has 4 rings (SSSR count). The van der Waals surface area contributed by atoms with Gasteiger partial charge in [0.1, 0.15) is 5.60 Å². The first-order chi connectivity index (χ1) is 13.0. The van der Waals surface area contributed by atoms with Gasteiger partial charge in [-0.25, -0.2) is 4.39 Å². The molecule has 0 amide bonds. The number of alkyl halides is 1. The first-order valence-electron chi connectivity index (χ1n) is 10.5. The summed E-state index contributed by atoms with van der Waals surface area (Å²) < 4.78 is 16.9. The summed E-state index contributed by atoms with van der Waals surface area (Å²) in [6.07, 6.45) is 5.18. The van der Waals surface area contributed by atoms with Gasteiger partial charge in [-0.3, -0.25) is 9.59 Å². The van der Waals surface area contributed by atoms with E-state index in [1.54, 1.807) is 19.9 Å². The quantitative estimate of drug-likeness (QED) is 0.759. The molecule has 4 nitrogen and oxygen atoms in total. The Morgan fingerprint density at radius 3 is 2.64 bits per heavy atom. The molecule has 4 aliphatic carbocycles. The van der Waals surface area contributed by atoms with Crippen molar-refractivity contribution in [1.82, 2.24) is 0 Å². The lowest BCUT2D eigenvalue weighted by Gasteiger charge is -2.62. The van der Waals surface area contributed by atoms with Gasteiger partial charge in [-0.1, -0.05) is 32.4 Å². The van der Waals surface area contributed by atoms with Gasteiger partial charge < -0.3 is 10.2 Å². The summed E-state index contributed by atoms with van der Waals surface area (Å²) >= 11 is 0. The molecule has 0 bridgehead atoms. The second-order valence-corrected chi connectivity index (χ2v) is 9.94. The van der Waals surface area contributed by atoms with Crippen LogP contribution in [-0.2, 0) is 9.59 Å². The van der Waals surface area contributed by atoms with Gasteiger partial charge in [0, 0.05) is 23.2 Å². The van der Waals surface area contributed by atoms with Crippen LogP contribution in [0, 0.1) is 28.6 Å². The van der Waals surface area contributed by atoms with E-state index in [1.807, 2.05) is 13.8 Å². The molecule has 0 aliphatic heterocycles. The Labute approximate surface area is 165 Å². The Balaban J connectivity index is 1.84. The SMILES string of the molecule is CCC(=O)[C@@]1(O)[C@H](C)CC2[C@@H]3CCC4=CC(=O)C=C[C@]4(C)C3(F)C(O)C[C@@]21C. The second kappa shape index (κ2) is 5.85. The van der Waals surface area contributed by atoms with Crippen LogP contribution < -0.4 is 0 Å². The monoisotopic (exact) mass is 390 g/mol. The van der Waals surface area contributed by atoms with Crippen LogP contribution >= 0.6 is 0 Å².